The Balaban J connectivity index is 2.36. The number of carboxylic acid groups (broad SMARTS) is 1. The Morgan fingerprint density at radius 1 is 1.10 bits per heavy atom. The van der Waals surface area contributed by atoms with E-state index in [1.165, 1.54) is 0 Å². The van der Waals surface area contributed by atoms with E-state index in [-0.39, 0.29) is 17.7 Å². The van der Waals surface area contributed by atoms with Crippen LogP contribution in [0.25, 0.3) is 0 Å². The van der Waals surface area contributed by atoms with Crippen LogP contribution >= 0.6 is 0 Å². The highest BCUT2D eigenvalue weighted by atomic mass is 16.4. The van der Waals surface area contributed by atoms with Gasteiger partial charge in [0.25, 0.3) is 0 Å². The minimum Gasteiger partial charge on any atom is -0.481 e. The van der Waals surface area contributed by atoms with Crippen LogP contribution < -0.4 is 10.6 Å². The number of rotatable bonds is 6. The van der Waals surface area contributed by atoms with Gasteiger partial charge >= 0.3 is 5.97 Å². The van der Waals surface area contributed by atoms with Gasteiger partial charge in [0, 0.05) is 19.0 Å². The molecule has 0 heterocycles. The van der Waals surface area contributed by atoms with E-state index in [1.54, 1.807) is 19.9 Å². The van der Waals surface area contributed by atoms with E-state index in [9.17, 15) is 14.4 Å². The highest BCUT2D eigenvalue weighted by Crippen LogP contribution is 2.25. The predicted octanol–water partition coefficient (Wildman–Crippen LogP) is 0.542. The predicted molar refractivity (Wildman–Crippen MR) is 73.8 cm³/mol. The molecule has 2 unspecified atom stereocenters. The summed E-state index contributed by atoms with van der Waals surface area (Å²) < 4.78 is 0. The number of hydrogen-bond donors (Lipinski definition) is 3. The maximum Gasteiger partial charge on any atom is 0.307 e. The second-order valence-electron chi connectivity index (χ2n) is 5.23. The van der Waals surface area contributed by atoms with E-state index in [0.29, 0.717) is 25.9 Å². The molecule has 0 saturated heterocycles. The molecule has 1 aliphatic rings. The summed E-state index contributed by atoms with van der Waals surface area (Å²) in [4.78, 5) is 34.4. The molecular formula is C14H22N2O4. The molecule has 0 bridgehead atoms. The summed E-state index contributed by atoms with van der Waals surface area (Å²) in [5.74, 6) is -2.56. The van der Waals surface area contributed by atoms with Crippen LogP contribution in [-0.2, 0) is 14.4 Å². The summed E-state index contributed by atoms with van der Waals surface area (Å²) in [5.41, 5.74) is 0. The van der Waals surface area contributed by atoms with Crippen molar-refractivity contribution in [3.05, 3.63) is 12.2 Å². The standard InChI is InChI=1S/C14H22N2O4/c1-9(2)12(17)15-7-8-16-13(18)10-5-3-4-6-11(10)14(19)20/h3-4,9-11H,5-8H2,1-2H3,(H,15,17)(H,16,18)(H,19,20). The largest absolute Gasteiger partial charge is 0.481 e. The fraction of sp³-hybridized carbons (Fsp3) is 0.643. The van der Waals surface area contributed by atoms with Crippen LogP contribution in [0.3, 0.4) is 0 Å². The maximum absolute atomic E-state index is 12.0. The molecule has 0 spiro atoms. The van der Waals surface area contributed by atoms with Gasteiger partial charge < -0.3 is 15.7 Å². The lowest BCUT2D eigenvalue weighted by Crippen LogP contribution is -2.42. The van der Waals surface area contributed by atoms with Crippen molar-refractivity contribution in [3.63, 3.8) is 0 Å². The minimum atomic E-state index is -0.942. The van der Waals surface area contributed by atoms with E-state index in [2.05, 4.69) is 10.6 Å². The van der Waals surface area contributed by atoms with Crippen molar-refractivity contribution in [1.82, 2.24) is 10.6 Å². The van der Waals surface area contributed by atoms with Gasteiger partial charge in [-0.2, -0.15) is 0 Å². The molecule has 1 aliphatic carbocycles. The molecule has 0 saturated carbocycles. The van der Waals surface area contributed by atoms with Gasteiger partial charge in [-0.15, -0.1) is 0 Å². The van der Waals surface area contributed by atoms with Crippen LogP contribution in [0.2, 0.25) is 0 Å². The first-order chi connectivity index (χ1) is 9.43. The smallest absolute Gasteiger partial charge is 0.307 e. The minimum absolute atomic E-state index is 0.0664. The van der Waals surface area contributed by atoms with Gasteiger partial charge in [-0.05, 0) is 12.8 Å². The summed E-state index contributed by atoms with van der Waals surface area (Å²) in [6, 6.07) is 0. The van der Waals surface area contributed by atoms with E-state index in [1.807, 2.05) is 6.08 Å². The van der Waals surface area contributed by atoms with Crippen molar-refractivity contribution in [2.45, 2.75) is 26.7 Å². The van der Waals surface area contributed by atoms with Gasteiger partial charge in [0.15, 0.2) is 0 Å². The molecule has 112 valence electrons. The fourth-order valence-corrected chi connectivity index (χ4v) is 2.08. The number of aliphatic carboxylic acids is 1. The molecule has 0 aromatic carbocycles. The Morgan fingerprint density at radius 3 is 2.20 bits per heavy atom. The van der Waals surface area contributed by atoms with Gasteiger partial charge in [0.05, 0.1) is 11.8 Å². The highest BCUT2D eigenvalue weighted by molar-refractivity contribution is 5.85. The Bertz CT molecular complexity index is 404. The summed E-state index contributed by atoms with van der Waals surface area (Å²) in [5, 5.41) is 14.5. The molecule has 6 nitrogen and oxygen atoms in total. The Hall–Kier alpha value is -1.85. The molecule has 3 N–H and O–H groups in total. The zero-order chi connectivity index (χ0) is 15.1. The molecule has 6 heteroatoms. The number of carboxylic acids is 1. The Kier molecular flexibility index (Phi) is 6.21. The first-order valence-electron chi connectivity index (χ1n) is 6.86. The fourth-order valence-electron chi connectivity index (χ4n) is 2.08. The lowest BCUT2D eigenvalue weighted by Gasteiger charge is -2.24. The zero-order valence-electron chi connectivity index (χ0n) is 11.9. The first kappa shape index (κ1) is 16.2. The third kappa shape index (κ3) is 4.68. The first-order valence-corrected chi connectivity index (χ1v) is 6.86. The van der Waals surface area contributed by atoms with Crippen molar-refractivity contribution in [1.29, 1.82) is 0 Å². The van der Waals surface area contributed by atoms with Gasteiger partial charge in [0.1, 0.15) is 0 Å². The van der Waals surface area contributed by atoms with E-state index in [0.717, 1.165) is 0 Å². The number of amides is 2. The number of carbonyl (C=O) groups excluding carboxylic acids is 2. The van der Waals surface area contributed by atoms with Crippen molar-refractivity contribution >= 4 is 17.8 Å². The maximum atomic E-state index is 12.0. The molecule has 2 atom stereocenters. The third-order valence-corrected chi connectivity index (χ3v) is 3.33. The number of nitrogens with one attached hydrogen (secondary N) is 2. The molecule has 2 amide bonds. The summed E-state index contributed by atoms with van der Waals surface area (Å²) in [6.45, 7) is 4.24. The summed E-state index contributed by atoms with van der Waals surface area (Å²) in [6.07, 6.45) is 4.47. The zero-order valence-corrected chi connectivity index (χ0v) is 11.9. The monoisotopic (exact) mass is 282 g/mol. The van der Waals surface area contributed by atoms with Crippen LogP contribution in [0.15, 0.2) is 12.2 Å². The molecular weight excluding hydrogens is 260 g/mol. The third-order valence-electron chi connectivity index (χ3n) is 3.33. The van der Waals surface area contributed by atoms with Crippen LogP contribution in [0.1, 0.15) is 26.7 Å². The van der Waals surface area contributed by atoms with E-state index < -0.39 is 17.8 Å². The molecule has 0 aromatic heterocycles. The Morgan fingerprint density at radius 2 is 1.65 bits per heavy atom. The number of allylic oxidation sites excluding steroid dienone is 2. The lowest BCUT2D eigenvalue weighted by molar-refractivity contribution is -0.147. The SMILES string of the molecule is CC(C)C(=O)NCCNC(=O)C1CC=CCC1C(=O)O. The average Bonchev–Trinajstić information content (AvgIpc) is 2.42. The van der Waals surface area contributed by atoms with Gasteiger partial charge in [-0.3, -0.25) is 14.4 Å². The van der Waals surface area contributed by atoms with Crippen molar-refractivity contribution in [2.75, 3.05) is 13.1 Å². The van der Waals surface area contributed by atoms with Crippen molar-refractivity contribution in [3.8, 4) is 0 Å². The molecule has 20 heavy (non-hydrogen) atoms. The Labute approximate surface area is 118 Å². The topological polar surface area (TPSA) is 95.5 Å². The lowest BCUT2D eigenvalue weighted by atomic mass is 9.82. The quantitative estimate of drug-likeness (QED) is 0.489. The molecule has 0 aromatic rings. The van der Waals surface area contributed by atoms with Crippen LogP contribution in [0, 0.1) is 17.8 Å². The summed E-state index contributed by atoms with van der Waals surface area (Å²) in [7, 11) is 0. The van der Waals surface area contributed by atoms with E-state index in [4.69, 9.17) is 5.11 Å². The average molecular weight is 282 g/mol. The van der Waals surface area contributed by atoms with Crippen LogP contribution in [0.4, 0.5) is 0 Å². The second kappa shape index (κ2) is 7.67. The number of hydrogen-bond acceptors (Lipinski definition) is 3. The normalized spacial score (nSPS) is 21.6. The molecule has 0 radical (unpaired) electrons. The van der Waals surface area contributed by atoms with E-state index >= 15 is 0 Å². The summed E-state index contributed by atoms with van der Waals surface area (Å²) >= 11 is 0. The van der Waals surface area contributed by atoms with Crippen molar-refractivity contribution in [2.24, 2.45) is 17.8 Å². The molecule has 1 rings (SSSR count). The van der Waals surface area contributed by atoms with Crippen LogP contribution in [-0.4, -0.2) is 36.0 Å². The van der Waals surface area contributed by atoms with Crippen molar-refractivity contribution < 1.29 is 19.5 Å². The molecule has 0 fully saturated rings. The highest BCUT2D eigenvalue weighted by Gasteiger charge is 2.33. The van der Waals surface area contributed by atoms with Gasteiger partial charge in [-0.1, -0.05) is 26.0 Å². The number of carbonyl (C=O) groups is 3. The van der Waals surface area contributed by atoms with Gasteiger partial charge in [0.2, 0.25) is 11.8 Å². The molecule has 0 aliphatic heterocycles. The van der Waals surface area contributed by atoms with Gasteiger partial charge in [-0.25, -0.2) is 0 Å². The van der Waals surface area contributed by atoms with Crippen LogP contribution in [0.5, 0.6) is 0 Å². The second-order valence-corrected chi connectivity index (χ2v) is 5.23.